The lowest BCUT2D eigenvalue weighted by Crippen LogP contribution is -2.13. The minimum absolute atomic E-state index is 0.101. The molecular formula is C10H9N3. The molecule has 13 heavy (non-hydrogen) atoms. The molecule has 0 saturated heterocycles. The largest absolute Gasteiger partial charge is 0.369 e. The van der Waals surface area contributed by atoms with Crippen molar-refractivity contribution in [2.24, 2.45) is 0 Å². The van der Waals surface area contributed by atoms with Crippen LogP contribution >= 0.6 is 0 Å². The van der Waals surface area contributed by atoms with Gasteiger partial charge in [-0.1, -0.05) is 5.92 Å². The molecule has 0 aliphatic rings. The molecule has 1 rings (SSSR count). The minimum Gasteiger partial charge on any atom is -0.369 e. The molecule has 0 fully saturated rings. The van der Waals surface area contributed by atoms with Crippen LogP contribution in [0.5, 0.6) is 0 Å². The normalized spacial score (nSPS) is 11.0. The monoisotopic (exact) mass is 171 g/mol. The van der Waals surface area contributed by atoms with Crippen LogP contribution in [0.3, 0.4) is 0 Å². The highest BCUT2D eigenvalue weighted by molar-refractivity contribution is 5.54. The quantitative estimate of drug-likeness (QED) is 0.684. The molecule has 1 unspecified atom stereocenters. The molecule has 3 nitrogen and oxygen atoms in total. The first-order chi connectivity index (χ1) is 6.27. The van der Waals surface area contributed by atoms with Gasteiger partial charge in [0.1, 0.15) is 6.07 Å². The molecule has 64 valence electrons. The summed E-state index contributed by atoms with van der Waals surface area (Å²) in [7, 11) is 0. The number of nitrogens with one attached hydrogen (secondary N) is 1. The Morgan fingerprint density at radius 1 is 1.69 bits per heavy atom. The van der Waals surface area contributed by atoms with Gasteiger partial charge in [-0.15, -0.1) is 6.42 Å². The summed E-state index contributed by atoms with van der Waals surface area (Å²) in [4.78, 5) is 3.89. The molecule has 0 bridgehead atoms. The number of hydrogen-bond donors (Lipinski definition) is 1. The number of hydrogen-bond acceptors (Lipinski definition) is 3. The Morgan fingerprint density at radius 3 is 3.08 bits per heavy atom. The number of nitriles is 1. The molecule has 0 aromatic carbocycles. The number of aromatic nitrogens is 1. The van der Waals surface area contributed by atoms with Gasteiger partial charge in [-0.25, -0.2) is 4.98 Å². The first-order valence-electron chi connectivity index (χ1n) is 3.85. The van der Waals surface area contributed by atoms with E-state index in [-0.39, 0.29) is 6.04 Å². The Morgan fingerprint density at radius 2 is 2.46 bits per heavy atom. The van der Waals surface area contributed by atoms with Crippen LogP contribution in [0.1, 0.15) is 12.6 Å². The molecule has 1 atom stereocenters. The van der Waals surface area contributed by atoms with Gasteiger partial charge < -0.3 is 5.32 Å². The van der Waals surface area contributed by atoms with Crippen molar-refractivity contribution in [2.45, 2.75) is 13.0 Å². The van der Waals surface area contributed by atoms with Gasteiger partial charge in [-0.05, 0) is 19.1 Å². The second-order valence-electron chi connectivity index (χ2n) is 2.54. The second kappa shape index (κ2) is 4.13. The number of rotatable bonds is 2. The van der Waals surface area contributed by atoms with E-state index in [1.807, 2.05) is 13.0 Å². The third-order valence-electron chi connectivity index (χ3n) is 1.54. The molecule has 1 aromatic rings. The lowest BCUT2D eigenvalue weighted by Gasteiger charge is -2.09. The van der Waals surface area contributed by atoms with E-state index in [0.717, 1.165) is 0 Å². The average molecular weight is 171 g/mol. The van der Waals surface area contributed by atoms with Crippen molar-refractivity contribution in [3.63, 3.8) is 0 Å². The summed E-state index contributed by atoms with van der Waals surface area (Å²) in [6.45, 7) is 1.84. The van der Waals surface area contributed by atoms with Crippen molar-refractivity contribution in [3.05, 3.63) is 24.0 Å². The Hall–Kier alpha value is -2.00. The summed E-state index contributed by atoms with van der Waals surface area (Å²) in [5.74, 6) is 2.52. The van der Waals surface area contributed by atoms with E-state index in [1.165, 1.54) is 0 Å². The lowest BCUT2D eigenvalue weighted by molar-refractivity contribution is 1.03. The van der Waals surface area contributed by atoms with Crippen LogP contribution in [-0.2, 0) is 0 Å². The number of terminal acetylenes is 1. The van der Waals surface area contributed by atoms with Gasteiger partial charge >= 0.3 is 0 Å². The zero-order valence-electron chi connectivity index (χ0n) is 7.28. The summed E-state index contributed by atoms with van der Waals surface area (Å²) in [5, 5.41) is 11.7. The molecular weight excluding hydrogens is 162 g/mol. The molecule has 0 aliphatic carbocycles. The van der Waals surface area contributed by atoms with E-state index in [9.17, 15) is 0 Å². The molecule has 1 aromatic heterocycles. The van der Waals surface area contributed by atoms with Crippen molar-refractivity contribution < 1.29 is 0 Å². The third-order valence-corrected chi connectivity index (χ3v) is 1.54. The van der Waals surface area contributed by atoms with Gasteiger partial charge in [-0.2, -0.15) is 5.26 Å². The zero-order chi connectivity index (χ0) is 9.68. The highest BCUT2D eigenvalue weighted by atomic mass is 14.9. The fourth-order valence-corrected chi connectivity index (χ4v) is 0.886. The number of pyridine rings is 1. The van der Waals surface area contributed by atoms with Gasteiger partial charge in [0, 0.05) is 6.20 Å². The van der Waals surface area contributed by atoms with Crippen molar-refractivity contribution in [1.29, 1.82) is 5.26 Å². The maximum atomic E-state index is 8.70. The minimum atomic E-state index is -0.101. The topological polar surface area (TPSA) is 48.7 Å². The first kappa shape index (κ1) is 9.09. The molecule has 0 amide bonds. The van der Waals surface area contributed by atoms with E-state index in [0.29, 0.717) is 11.4 Å². The summed E-state index contributed by atoms with van der Waals surface area (Å²) in [6.07, 6.45) is 6.77. The van der Waals surface area contributed by atoms with Crippen LogP contribution < -0.4 is 5.32 Å². The molecule has 1 heterocycles. The SMILES string of the molecule is C#CC(C)Nc1cccnc1C#N. The summed E-state index contributed by atoms with van der Waals surface area (Å²) >= 11 is 0. The van der Waals surface area contributed by atoms with Gasteiger partial charge in [0.05, 0.1) is 11.7 Å². The van der Waals surface area contributed by atoms with Crippen LogP contribution in [0, 0.1) is 23.7 Å². The molecule has 0 saturated carbocycles. The van der Waals surface area contributed by atoms with Gasteiger partial charge in [-0.3, -0.25) is 0 Å². The Kier molecular flexibility index (Phi) is 2.89. The second-order valence-corrected chi connectivity index (χ2v) is 2.54. The van der Waals surface area contributed by atoms with E-state index >= 15 is 0 Å². The highest BCUT2D eigenvalue weighted by Gasteiger charge is 2.03. The predicted octanol–water partition coefficient (Wildman–Crippen LogP) is 1.39. The van der Waals surface area contributed by atoms with Crippen LogP contribution in [0.4, 0.5) is 5.69 Å². The summed E-state index contributed by atoms with van der Waals surface area (Å²) in [6, 6.07) is 5.42. The average Bonchev–Trinajstić information content (AvgIpc) is 2.18. The molecule has 0 spiro atoms. The Bertz CT molecular complexity index is 370. The lowest BCUT2D eigenvalue weighted by atomic mass is 10.2. The van der Waals surface area contributed by atoms with Gasteiger partial charge in [0.2, 0.25) is 0 Å². The molecule has 0 aliphatic heterocycles. The maximum Gasteiger partial charge on any atom is 0.163 e. The van der Waals surface area contributed by atoms with Crippen LogP contribution in [0.15, 0.2) is 18.3 Å². The molecule has 1 N–H and O–H groups in total. The maximum absolute atomic E-state index is 8.70. The zero-order valence-corrected chi connectivity index (χ0v) is 7.28. The fourth-order valence-electron chi connectivity index (χ4n) is 0.886. The summed E-state index contributed by atoms with van der Waals surface area (Å²) < 4.78 is 0. The van der Waals surface area contributed by atoms with E-state index in [2.05, 4.69) is 16.2 Å². The van der Waals surface area contributed by atoms with Crippen molar-refractivity contribution in [2.75, 3.05) is 5.32 Å². The van der Waals surface area contributed by atoms with Crippen molar-refractivity contribution in [3.8, 4) is 18.4 Å². The summed E-state index contributed by atoms with van der Waals surface area (Å²) in [5.41, 5.74) is 1.04. The van der Waals surface area contributed by atoms with Crippen molar-refractivity contribution >= 4 is 5.69 Å². The smallest absolute Gasteiger partial charge is 0.163 e. The molecule has 3 heteroatoms. The molecule has 0 radical (unpaired) electrons. The first-order valence-corrected chi connectivity index (χ1v) is 3.85. The third kappa shape index (κ3) is 2.21. The van der Waals surface area contributed by atoms with Crippen LogP contribution in [0.2, 0.25) is 0 Å². The van der Waals surface area contributed by atoms with Crippen LogP contribution in [-0.4, -0.2) is 11.0 Å². The van der Waals surface area contributed by atoms with Gasteiger partial charge in [0.25, 0.3) is 0 Å². The number of anilines is 1. The van der Waals surface area contributed by atoms with Crippen molar-refractivity contribution in [1.82, 2.24) is 4.98 Å². The number of nitrogens with zero attached hydrogens (tertiary/aromatic N) is 2. The highest BCUT2D eigenvalue weighted by Crippen LogP contribution is 2.11. The van der Waals surface area contributed by atoms with E-state index < -0.39 is 0 Å². The van der Waals surface area contributed by atoms with Crippen LogP contribution in [0.25, 0.3) is 0 Å². The van der Waals surface area contributed by atoms with Gasteiger partial charge in [0.15, 0.2) is 5.69 Å². The predicted molar refractivity (Wildman–Crippen MR) is 50.9 cm³/mol. The standard InChI is InChI=1S/C10H9N3/c1-3-8(2)13-9-5-4-6-12-10(9)7-11/h1,4-6,8,13H,2H3. The van der Waals surface area contributed by atoms with E-state index in [1.54, 1.807) is 18.3 Å². The van der Waals surface area contributed by atoms with E-state index in [4.69, 9.17) is 11.7 Å². The fraction of sp³-hybridized carbons (Fsp3) is 0.200. The Balaban J connectivity index is 2.90. The Labute approximate surface area is 77.4 Å².